The zero-order chi connectivity index (χ0) is 13.7. The summed E-state index contributed by atoms with van der Waals surface area (Å²) < 4.78 is 5.64. The van der Waals surface area contributed by atoms with Gasteiger partial charge in [-0.2, -0.15) is 0 Å². The first-order valence-electron chi connectivity index (χ1n) is 6.56. The third-order valence-electron chi connectivity index (χ3n) is 3.16. The van der Waals surface area contributed by atoms with Crippen LogP contribution in [0.4, 0.5) is 5.69 Å². The van der Waals surface area contributed by atoms with E-state index in [0.29, 0.717) is 13.2 Å². The van der Waals surface area contributed by atoms with Crippen molar-refractivity contribution in [1.29, 1.82) is 0 Å². The molecule has 0 aliphatic carbocycles. The molecule has 2 rings (SSSR count). The fraction of sp³-hybridized carbons (Fsp3) is 0.500. The fourth-order valence-electron chi connectivity index (χ4n) is 2.25. The molecule has 3 N–H and O–H groups in total. The largest absolute Gasteiger partial charge is 0.399 e. The van der Waals surface area contributed by atoms with E-state index in [1.165, 1.54) is 12.5 Å². The number of nitrogens with zero attached hydrogens (tertiary/aromatic N) is 1. The van der Waals surface area contributed by atoms with Gasteiger partial charge in [0.2, 0.25) is 5.91 Å². The number of carbonyl (C=O) groups is 1. The molecule has 0 bridgehead atoms. The number of hydrogen-bond acceptors (Lipinski definition) is 4. The minimum absolute atomic E-state index is 0.0171. The number of rotatable bonds is 4. The lowest BCUT2D eigenvalue weighted by molar-refractivity contribution is -0.120. The van der Waals surface area contributed by atoms with Crippen LogP contribution in [-0.4, -0.2) is 43.2 Å². The molecule has 0 spiro atoms. The zero-order valence-electron chi connectivity index (χ0n) is 11.3. The molecule has 0 aromatic heterocycles. The summed E-state index contributed by atoms with van der Waals surface area (Å²) in [6.07, 6.45) is 0.0682. The minimum atomic E-state index is -0.0171. The van der Waals surface area contributed by atoms with Crippen molar-refractivity contribution in [1.82, 2.24) is 10.2 Å². The molecule has 1 saturated heterocycles. The molecule has 1 atom stereocenters. The van der Waals surface area contributed by atoms with Gasteiger partial charge in [-0.1, -0.05) is 12.1 Å². The highest BCUT2D eigenvalue weighted by Gasteiger charge is 2.20. The van der Waals surface area contributed by atoms with Gasteiger partial charge < -0.3 is 15.8 Å². The van der Waals surface area contributed by atoms with Crippen LogP contribution in [0.5, 0.6) is 0 Å². The van der Waals surface area contributed by atoms with Crippen molar-refractivity contribution in [2.24, 2.45) is 0 Å². The molecule has 1 unspecified atom stereocenters. The SMILES string of the molecule is CC(=O)NCC1CN(Cc2cccc(N)c2)CCO1. The third-order valence-corrected chi connectivity index (χ3v) is 3.16. The van der Waals surface area contributed by atoms with E-state index in [-0.39, 0.29) is 12.0 Å². The van der Waals surface area contributed by atoms with E-state index < -0.39 is 0 Å². The highest BCUT2D eigenvalue weighted by atomic mass is 16.5. The van der Waals surface area contributed by atoms with Crippen LogP contribution in [0.1, 0.15) is 12.5 Å². The maximum Gasteiger partial charge on any atom is 0.216 e. The summed E-state index contributed by atoms with van der Waals surface area (Å²) in [5, 5.41) is 2.80. The van der Waals surface area contributed by atoms with Crippen molar-refractivity contribution in [3.05, 3.63) is 29.8 Å². The molecular weight excluding hydrogens is 242 g/mol. The van der Waals surface area contributed by atoms with Crippen LogP contribution < -0.4 is 11.1 Å². The normalized spacial score (nSPS) is 20.2. The molecule has 5 nitrogen and oxygen atoms in total. The number of ether oxygens (including phenoxy) is 1. The van der Waals surface area contributed by atoms with Crippen molar-refractivity contribution >= 4 is 11.6 Å². The van der Waals surface area contributed by atoms with Crippen LogP contribution in [0, 0.1) is 0 Å². The molecule has 1 heterocycles. The first-order chi connectivity index (χ1) is 9.13. The molecule has 0 saturated carbocycles. The average Bonchev–Trinajstić information content (AvgIpc) is 2.37. The topological polar surface area (TPSA) is 67.6 Å². The molecule has 104 valence electrons. The van der Waals surface area contributed by atoms with Gasteiger partial charge in [0.25, 0.3) is 0 Å². The van der Waals surface area contributed by atoms with Gasteiger partial charge in [0.05, 0.1) is 12.7 Å². The molecule has 1 aliphatic heterocycles. The van der Waals surface area contributed by atoms with Gasteiger partial charge in [0, 0.05) is 38.8 Å². The Morgan fingerprint density at radius 1 is 1.58 bits per heavy atom. The van der Waals surface area contributed by atoms with E-state index in [0.717, 1.165) is 25.3 Å². The van der Waals surface area contributed by atoms with Gasteiger partial charge >= 0.3 is 0 Å². The Hall–Kier alpha value is -1.59. The number of amides is 1. The van der Waals surface area contributed by atoms with Crippen LogP contribution in [-0.2, 0) is 16.1 Å². The van der Waals surface area contributed by atoms with Crippen molar-refractivity contribution in [3.63, 3.8) is 0 Å². The summed E-state index contributed by atoms with van der Waals surface area (Å²) in [5.74, 6) is -0.0171. The lowest BCUT2D eigenvalue weighted by Gasteiger charge is -2.33. The van der Waals surface area contributed by atoms with E-state index in [2.05, 4.69) is 16.3 Å². The minimum Gasteiger partial charge on any atom is -0.399 e. The molecule has 1 aliphatic rings. The van der Waals surface area contributed by atoms with Crippen molar-refractivity contribution in [2.45, 2.75) is 19.6 Å². The maximum absolute atomic E-state index is 10.9. The summed E-state index contributed by atoms with van der Waals surface area (Å²) in [4.78, 5) is 13.2. The fourth-order valence-corrected chi connectivity index (χ4v) is 2.25. The lowest BCUT2D eigenvalue weighted by Crippen LogP contribution is -2.46. The van der Waals surface area contributed by atoms with E-state index in [1.807, 2.05) is 18.2 Å². The maximum atomic E-state index is 10.9. The standard InChI is InChI=1S/C14H21N3O2/c1-11(18)16-8-14-10-17(5-6-19-14)9-12-3-2-4-13(15)7-12/h2-4,7,14H,5-6,8-10,15H2,1H3,(H,16,18). The Morgan fingerprint density at radius 3 is 3.16 bits per heavy atom. The number of hydrogen-bond donors (Lipinski definition) is 2. The van der Waals surface area contributed by atoms with Gasteiger partial charge in [-0.05, 0) is 17.7 Å². The number of nitrogens with one attached hydrogen (secondary N) is 1. The molecule has 1 aromatic carbocycles. The second-order valence-corrected chi connectivity index (χ2v) is 4.91. The summed E-state index contributed by atoms with van der Waals surface area (Å²) in [7, 11) is 0. The number of nitrogen functional groups attached to an aromatic ring is 1. The van der Waals surface area contributed by atoms with Gasteiger partial charge in [-0.3, -0.25) is 9.69 Å². The Labute approximate surface area is 113 Å². The van der Waals surface area contributed by atoms with Crippen LogP contribution >= 0.6 is 0 Å². The van der Waals surface area contributed by atoms with E-state index >= 15 is 0 Å². The van der Waals surface area contributed by atoms with Crippen LogP contribution in [0.3, 0.4) is 0 Å². The van der Waals surface area contributed by atoms with Gasteiger partial charge in [0.15, 0.2) is 0 Å². The van der Waals surface area contributed by atoms with Crippen molar-refractivity contribution < 1.29 is 9.53 Å². The molecule has 1 fully saturated rings. The Morgan fingerprint density at radius 2 is 2.42 bits per heavy atom. The Kier molecular flexibility index (Phi) is 4.76. The van der Waals surface area contributed by atoms with Crippen LogP contribution in [0.25, 0.3) is 0 Å². The molecule has 19 heavy (non-hydrogen) atoms. The van der Waals surface area contributed by atoms with Gasteiger partial charge in [0.1, 0.15) is 0 Å². The predicted molar refractivity (Wildman–Crippen MR) is 74.6 cm³/mol. The van der Waals surface area contributed by atoms with E-state index in [1.54, 1.807) is 0 Å². The molecular formula is C14H21N3O2. The molecule has 1 aromatic rings. The smallest absolute Gasteiger partial charge is 0.216 e. The van der Waals surface area contributed by atoms with E-state index in [4.69, 9.17) is 10.5 Å². The first-order valence-corrected chi connectivity index (χ1v) is 6.56. The monoisotopic (exact) mass is 263 g/mol. The zero-order valence-corrected chi connectivity index (χ0v) is 11.3. The van der Waals surface area contributed by atoms with Crippen LogP contribution in [0.15, 0.2) is 24.3 Å². The van der Waals surface area contributed by atoms with Crippen molar-refractivity contribution in [2.75, 3.05) is 32.0 Å². The lowest BCUT2D eigenvalue weighted by atomic mass is 10.1. The van der Waals surface area contributed by atoms with Crippen molar-refractivity contribution in [3.8, 4) is 0 Å². The second kappa shape index (κ2) is 6.54. The average molecular weight is 263 g/mol. The molecule has 5 heteroatoms. The second-order valence-electron chi connectivity index (χ2n) is 4.91. The summed E-state index contributed by atoms with van der Waals surface area (Å²) in [5.41, 5.74) is 7.78. The van der Waals surface area contributed by atoms with Crippen LogP contribution in [0.2, 0.25) is 0 Å². The van der Waals surface area contributed by atoms with E-state index in [9.17, 15) is 4.79 Å². The summed E-state index contributed by atoms with van der Waals surface area (Å²) in [6, 6.07) is 7.94. The molecule has 1 amide bonds. The number of carbonyl (C=O) groups excluding carboxylic acids is 1. The third kappa shape index (κ3) is 4.54. The summed E-state index contributed by atoms with van der Waals surface area (Å²) in [6.45, 7) is 5.40. The predicted octanol–water partition coefficient (Wildman–Crippen LogP) is 0.606. The Bertz CT molecular complexity index is 436. The highest BCUT2D eigenvalue weighted by molar-refractivity contribution is 5.72. The Balaban J connectivity index is 1.85. The number of nitrogens with two attached hydrogens (primary N) is 1. The quantitative estimate of drug-likeness (QED) is 0.781. The number of anilines is 1. The highest BCUT2D eigenvalue weighted by Crippen LogP contribution is 2.12. The first kappa shape index (κ1) is 13.8. The number of morpholine rings is 1. The van der Waals surface area contributed by atoms with Gasteiger partial charge in [-0.25, -0.2) is 0 Å². The molecule has 0 radical (unpaired) electrons. The number of benzene rings is 1. The summed E-state index contributed by atoms with van der Waals surface area (Å²) >= 11 is 0. The van der Waals surface area contributed by atoms with Gasteiger partial charge in [-0.15, -0.1) is 0 Å².